The van der Waals surface area contributed by atoms with Crippen molar-refractivity contribution in [2.45, 2.75) is 45.4 Å². The van der Waals surface area contributed by atoms with Crippen LogP contribution in [0, 0.1) is 5.92 Å². The number of esters is 3. The van der Waals surface area contributed by atoms with Crippen LogP contribution < -0.4 is 5.32 Å². The van der Waals surface area contributed by atoms with E-state index in [2.05, 4.69) is 5.32 Å². The first-order chi connectivity index (χ1) is 16.8. The van der Waals surface area contributed by atoms with E-state index in [0.29, 0.717) is 35.3 Å². The Hall–Kier alpha value is -3.60. The Morgan fingerprint density at radius 1 is 1.26 bits per heavy atom. The van der Waals surface area contributed by atoms with Gasteiger partial charge in [0.05, 0.1) is 24.1 Å². The molecule has 0 radical (unpaired) electrons. The maximum atomic E-state index is 13.2. The van der Waals surface area contributed by atoms with Crippen molar-refractivity contribution in [1.82, 2.24) is 10.2 Å². The molecule has 35 heavy (non-hydrogen) atoms. The Kier molecular flexibility index (Phi) is 7.25. The smallest absolute Gasteiger partial charge is 0.359 e. The summed E-state index contributed by atoms with van der Waals surface area (Å²) in [5, 5.41) is 4.22. The minimum Gasteiger partial charge on any atom is -0.466 e. The van der Waals surface area contributed by atoms with Crippen LogP contribution in [0.4, 0.5) is 0 Å². The maximum absolute atomic E-state index is 13.2. The molecule has 11 heteroatoms. The fourth-order valence-corrected chi connectivity index (χ4v) is 5.06. The Morgan fingerprint density at radius 2 is 2.03 bits per heavy atom. The molecule has 1 aromatic rings. The van der Waals surface area contributed by atoms with Gasteiger partial charge in [0.15, 0.2) is 0 Å². The second-order valence-corrected chi connectivity index (χ2v) is 9.06. The third kappa shape index (κ3) is 4.95. The molecular weight excluding hydrogens is 476 g/mol. The number of rotatable bonds is 9. The molecule has 1 fully saturated rings. The number of carbonyl (C=O) groups excluding carboxylic acids is 5. The number of nitrogens with one attached hydrogen (secondary N) is 1. The third-order valence-electron chi connectivity index (χ3n) is 5.88. The molecule has 3 atom stereocenters. The summed E-state index contributed by atoms with van der Waals surface area (Å²) >= 11 is 1.19. The van der Waals surface area contributed by atoms with E-state index in [1.54, 1.807) is 36.6 Å². The Labute approximate surface area is 205 Å². The molecule has 0 aliphatic carbocycles. The van der Waals surface area contributed by atoms with E-state index in [-0.39, 0.29) is 30.2 Å². The quantitative estimate of drug-likeness (QED) is 0.402. The highest BCUT2D eigenvalue weighted by Gasteiger charge is 2.55. The molecule has 0 aromatic heterocycles. The minimum absolute atomic E-state index is 0.0839. The van der Waals surface area contributed by atoms with Crippen molar-refractivity contribution in [3.8, 4) is 0 Å². The molecule has 1 aromatic carbocycles. The lowest BCUT2D eigenvalue weighted by atomic mass is 9.85. The number of ether oxygens (including phenoxy) is 3. The van der Waals surface area contributed by atoms with Crippen molar-refractivity contribution in [3.05, 3.63) is 57.6 Å². The number of hydrogen-bond donors (Lipinski definition) is 1. The fraction of sp³-hybridized carbons (Fsp3) is 0.375. The second-order valence-electron chi connectivity index (χ2n) is 8.06. The van der Waals surface area contributed by atoms with E-state index in [9.17, 15) is 24.0 Å². The molecule has 0 spiro atoms. The van der Waals surface area contributed by atoms with Gasteiger partial charge < -0.3 is 24.4 Å². The van der Waals surface area contributed by atoms with Gasteiger partial charge in [-0.05, 0) is 17.9 Å². The summed E-state index contributed by atoms with van der Waals surface area (Å²) < 4.78 is 15.7. The van der Waals surface area contributed by atoms with Gasteiger partial charge in [-0.2, -0.15) is 0 Å². The molecule has 4 rings (SSSR count). The van der Waals surface area contributed by atoms with Gasteiger partial charge in [0.2, 0.25) is 11.8 Å². The second kappa shape index (κ2) is 10.3. The van der Waals surface area contributed by atoms with Crippen LogP contribution in [-0.4, -0.2) is 47.3 Å². The van der Waals surface area contributed by atoms with E-state index in [4.69, 9.17) is 14.2 Å². The van der Waals surface area contributed by atoms with E-state index in [0.717, 1.165) is 0 Å². The van der Waals surface area contributed by atoms with Crippen molar-refractivity contribution in [3.63, 3.8) is 0 Å². The van der Waals surface area contributed by atoms with Gasteiger partial charge in [0.25, 0.3) is 6.29 Å². The zero-order valence-electron chi connectivity index (χ0n) is 19.1. The van der Waals surface area contributed by atoms with Gasteiger partial charge in [-0.3, -0.25) is 14.4 Å². The first-order valence-corrected chi connectivity index (χ1v) is 12.0. The van der Waals surface area contributed by atoms with E-state index in [1.165, 1.54) is 29.8 Å². The number of nitrogens with zero attached hydrogens (tertiary/aromatic N) is 1. The lowest BCUT2D eigenvalue weighted by Crippen LogP contribution is -2.58. The lowest BCUT2D eigenvalue weighted by Gasteiger charge is -2.43. The van der Waals surface area contributed by atoms with E-state index >= 15 is 0 Å². The van der Waals surface area contributed by atoms with E-state index in [1.807, 2.05) is 0 Å². The predicted octanol–water partition coefficient (Wildman–Crippen LogP) is 2.52. The zero-order valence-corrected chi connectivity index (χ0v) is 20.0. The molecule has 0 saturated carbocycles. The van der Waals surface area contributed by atoms with Crippen LogP contribution in [0.2, 0.25) is 0 Å². The Bertz CT molecular complexity index is 1140. The number of cyclic esters (lactones) is 1. The number of fused-ring (bicyclic) bond motifs is 2. The van der Waals surface area contributed by atoms with Crippen molar-refractivity contribution in [1.29, 1.82) is 0 Å². The average molecular weight is 501 g/mol. The zero-order chi connectivity index (χ0) is 25.1. The standard InChI is InChI=1S/C24H24N2O8S/c1-3-19(28)25-9-11-35-18-12-17-16(8-10-32-13(2)27)21(29)26(17)20(18)23(31)34-24-15-7-5-4-6-14(15)22(30)33-24/h4-7,9,11,16-17,24H,3,8,10,12H2,1-2H3,(H,25,28)/t16-,17+,24?/m0/s1. The topological polar surface area (TPSA) is 128 Å². The van der Waals surface area contributed by atoms with Crippen LogP contribution in [0.3, 0.4) is 0 Å². The van der Waals surface area contributed by atoms with Gasteiger partial charge in [-0.15, -0.1) is 0 Å². The van der Waals surface area contributed by atoms with Gasteiger partial charge in [0.1, 0.15) is 5.70 Å². The van der Waals surface area contributed by atoms with Crippen molar-refractivity contribution < 1.29 is 38.2 Å². The van der Waals surface area contributed by atoms with Gasteiger partial charge in [0, 0.05) is 36.4 Å². The monoisotopic (exact) mass is 500 g/mol. The molecule has 1 unspecified atom stereocenters. The molecule has 184 valence electrons. The molecule has 3 aliphatic heterocycles. The number of carbonyl (C=O) groups is 5. The number of β-lactam (4-membered cyclic amide) rings is 1. The van der Waals surface area contributed by atoms with Crippen LogP contribution in [0.25, 0.3) is 0 Å². The lowest BCUT2D eigenvalue weighted by molar-refractivity contribution is -0.170. The number of thioether (sulfide) groups is 1. The van der Waals surface area contributed by atoms with Crippen LogP contribution in [0.15, 0.2) is 46.5 Å². The van der Waals surface area contributed by atoms with Crippen molar-refractivity contribution in [2.75, 3.05) is 6.61 Å². The maximum Gasteiger partial charge on any atom is 0.359 e. The summed E-state index contributed by atoms with van der Waals surface area (Å²) in [6, 6.07) is 6.33. The third-order valence-corrected chi connectivity index (χ3v) is 6.80. The van der Waals surface area contributed by atoms with Crippen molar-refractivity contribution in [2.24, 2.45) is 5.92 Å². The number of amides is 2. The normalized spacial score (nSPS) is 22.5. The van der Waals surface area contributed by atoms with E-state index < -0.39 is 30.1 Å². The molecular formula is C24H24N2O8S. The molecule has 2 amide bonds. The first-order valence-electron chi connectivity index (χ1n) is 11.1. The average Bonchev–Trinajstić information content (AvgIpc) is 3.34. The van der Waals surface area contributed by atoms with Crippen molar-refractivity contribution >= 4 is 41.5 Å². The van der Waals surface area contributed by atoms with Crippen LogP contribution in [-0.2, 0) is 33.4 Å². The van der Waals surface area contributed by atoms with Crippen LogP contribution in [0.1, 0.15) is 55.3 Å². The molecule has 1 saturated heterocycles. The summed E-state index contributed by atoms with van der Waals surface area (Å²) in [5.41, 5.74) is 0.838. The highest BCUT2D eigenvalue weighted by molar-refractivity contribution is 8.05. The van der Waals surface area contributed by atoms with Gasteiger partial charge in [-0.25, -0.2) is 9.59 Å². The molecule has 0 bridgehead atoms. The highest BCUT2D eigenvalue weighted by Crippen LogP contribution is 2.48. The number of benzene rings is 1. The predicted molar refractivity (Wildman–Crippen MR) is 123 cm³/mol. The van der Waals surface area contributed by atoms with Gasteiger partial charge >= 0.3 is 17.9 Å². The Balaban J connectivity index is 1.51. The number of hydrogen-bond acceptors (Lipinski definition) is 9. The molecule has 3 aliphatic rings. The minimum atomic E-state index is -1.21. The molecule has 10 nitrogen and oxygen atoms in total. The molecule has 3 heterocycles. The van der Waals surface area contributed by atoms with Crippen LogP contribution >= 0.6 is 11.8 Å². The SMILES string of the molecule is CCC(=O)NC=CSC1=C(C(=O)OC2OC(=O)c3ccccc32)N2C(=O)[C@@H](CCOC(C)=O)[C@H]2C1. The summed E-state index contributed by atoms with van der Waals surface area (Å²) in [7, 11) is 0. The Morgan fingerprint density at radius 3 is 2.77 bits per heavy atom. The first kappa shape index (κ1) is 24.5. The fourth-order valence-electron chi connectivity index (χ4n) is 4.19. The highest BCUT2D eigenvalue weighted by atomic mass is 32.2. The van der Waals surface area contributed by atoms with Crippen LogP contribution in [0.5, 0.6) is 0 Å². The van der Waals surface area contributed by atoms with Gasteiger partial charge in [-0.1, -0.05) is 36.9 Å². The summed E-state index contributed by atoms with van der Waals surface area (Å²) in [5.74, 6) is -2.63. The largest absolute Gasteiger partial charge is 0.466 e. The summed E-state index contributed by atoms with van der Waals surface area (Å²) in [6.07, 6.45) is 1.33. The summed E-state index contributed by atoms with van der Waals surface area (Å²) in [4.78, 5) is 62.7. The summed E-state index contributed by atoms with van der Waals surface area (Å²) in [6.45, 7) is 3.13. The molecule has 1 N–H and O–H groups in total.